The lowest BCUT2D eigenvalue weighted by Crippen LogP contribution is -2.14. The van der Waals surface area contributed by atoms with Crippen LogP contribution in [-0.4, -0.2) is 15.5 Å². The molecule has 0 aliphatic heterocycles. The standard InChI is InChI=1S/C21H25N3O/c1-21(2,3)16-10-12-17(13-11-16)23-20(25)9-6-14-24-15-22-18-7-4-5-8-19(18)24/h4-5,7-8,10-13,15H,6,9,14H2,1-3H3,(H,23,25). The second-order valence-electron chi connectivity index (χ2n) is 7.41. The van der Waals surface area contributed by atoms with Crippen molar-refractivity contribution in [2.24, 2.45) is 0 Å². The Morgan fingerprint density at radius 1 is 1.08 bits per heavy atom. The van der Waals surface area contributed by atoms with E-state index in [4.69, 9.17) is 0 Å². The van der Waals surface area contributed by atoms with Crippen LogP contribution in [0.4, 0.5) is 5.69 Å². The van der Waals surface area contributed by atoms with E-state index in [0.717, 1.165) is 29.7 Å². The van der Waals surface area contributed by atoms with Crippen molar-refractivity contribution in [2.45, 2.75) is 45.6 Å². The highest BCUT2D eigenvalue weighted by Crippen LogP contribution is 2.23. The molecule has 0 fully saturated rings. The van der Waals surface area contributed by atoms with Gasteiger partial charge in [0.2, 0.25) is 5.91 Å². The average Bonchev–Trinajstić information content (AvgIpc) is 2.98. The van der Waals surface area contributed by atoms with Crippen LogP contribution in [0.1, 0.15) is 39.2 Å². The molecule has 0 atom stereocenters. The monoisotopic (exact) mass is 335 g/mol. The number of carbonyl (C=O) groups is 1. The molecule has 0 saturated carbocycles. The number of rotatable bonds is 5. The van der Waals surface area contributed by atoms with Gasteiger partial charge in [0.25, 0.3) is 0 Å². The van der Waals surface area contributed by atoms with Crippen LogP contribution in [0.15, 0.2) is 54.9 Å². The molecule has 0 saturated heterocycles. The van der Waals surface area contributed by atoms with Gasteiger partial charge in [0, 0.05) is 18.7 Å². The number of amides is 1. The summed E-state index contributed by atoms with van der Waals surface area (Å²) in [7, 11) is 0. The van der Waals surface area contributed by atoms with Crippen molar-refractivity contribution >= 4 is 22.6 Å². The molecule has 4 heteroatoms. The number of hydrogen-bond acceptors (Lipinski definition) is 2. The number of imidazole rings is 1. The van der Waals surface area contributed by atoms with E-state index < -0.39 is 0 Å². The Morgan fingerprint density at radius 2 is 1.80 bits per heavy atom. The van der Waals surface area contributed by atoms with Gasteiger partial charge in [-0.25, -0.2) is 4.98 Å². The van der Waals surface area contributed by atoms with Crippen LogP contribution < -0.4 is 5.32 Å². The van der Waals surface area contributed by atoms with Gasteiger partial charge < -0.3 is 9.88 Å². The zero-order valence-electron chi connectivity index (χ0n) is 15.1. The Labute approximate surface area is 148 Å². The Balaban J connectivity index is 1.51. The van der Waals surface area contributed by atoms with Crippen LogP contribution in [0.5, 0.6) is 0 Å². The number of para-hydroxylation sites is 2. The van der Waals surface area contributed by atoms with E-state index in [-0.39, 0.29) is 11.3 Å². The minimum absolute atomic E-state index is 0.0490. The molecule has 4 nitrogen and oxygen atoms in total. The summed E-state index contributed by atoms with van der Waals surface area (Å²) in [5.74, 6) is 0.0490. The minimum Gasteiger partial charge on any atom is -0.331 e. The lowest BCUT2D eigenvalue weighted by molar-refractivity contribution is -0.116. The molecule has 130 valence electrons. The largest absolute Gasteiger partial charge is 0.331 e. The molecule has 1 aromatic heterocycles. The van der Waals surface area contributed by atoms with E-state index in [9.17, 15) is 4.79 Å². The third kappa shape index (κ3) is 4.27. The van der Waals surface area contributed by atoms with E-state index in [1.807, 2.05) is 36.7 Å². The van der Waals surface area contributed by atoms with Crippen molar-refractivity contribution in [2.75, 3.05) is 5.32 Å². The van der Waals surface area contributed by atoms with Gasteiger partial charge in [-0.3, -0.25) is 4.79 Å². The fraction of sp³-hybridized carbons (Fsp3) is 0.333. The summed E-state index contributed by atoms with van der Waals surface area (Å²) in [4.78, 5) is 16.5. The zero-order chi connectivity index (χ0) is 17.9. The Kier molecular flexibility index (Phi) is 4.88. The van der Waals surface area contributed by atoms with Crippen molar-refractivity contribution < 1.29 is 4.79 Å². The van der Waals surface area contributed by atoms with Crippen LogP contribution in [0.3, 0.4) is 0 Å². The van der Waals surface area contributed by atoms with Crippen molar-refractivity contribution in [3.8, 4) is 0 Å². The molecule has 3 aromatic rings. The van der Waals surface area contributed by atoms with E-state index in [1.165, 1.54) is 5.56 Å². The average molecular weight is 335 g/mol. The molecule has 0 radical (unpaired) electrons. The second kappa shape index (κ2) is 7.09. The summed E-state index contributed by atoms with van der Waals surface area (Å²) < 4.78 is 2.10. The third-order valence-corrected chi connectivity index (χ3v) is 4.36. The molecule has 2 aromatic carbocycles. The van der Waals surface area contributed by atoms with E-state index in [0.29, 0.717) is 6.42 Å². The molecule has 3 rings (SSSR count). The summed E-state index contributed by atoms with van der Waals surface area (Å²) in [6.45, 7) is 7.33. The number of fused-ring (bicyclic) bond motifs is 1. The molecule has 0 aliphatic carbocycles. The molecular weight excluding hydrogens is 310 g/mol. The fourth-order valence-corrected chi connectivity index (χ4v) is 2.88. The molecule has 1 amide bonds. The second-order valence-corrected chi connectivity index (χ2v) is 7.41. The summed E-state index contributed by atoms with van der Waals surface area (Å²) >= 11 is 0. The number of aryl methyl sites for hydroxylation is 1. The van der Waals surface area contributed by atoms with Crippen LogP contribution >= 0.6 is 0 Å². The van der Waals surface area contributed by atoms with E-state index in [1.54, 1.807) is 0 Å². The van der Waals surface area contributed by atoms with Gasteiger partial charge in [-0.05, 0) is 41.7 Å². The third-order valence-electron chi connectivity index (χ3n) is 4.36. The molecule has 1 heterocycles. The van der Waals surface area contributed by atoms with Crippen LogP contribution in [-0.2, 0) is 16.8 Å². The number of aromatic nitrogens is 2. The van der Waals surface area contributed by atoms with Crippen molar-refractivity contribution in [3.63, 3.8) is 0 Å². The normalized spacial score (nSPS) is 11.6. The lowest BCUT2D eigenvalue weighted by atomic mass is 9.87. The molecular formula is C21H25N3O. The van der Waals surface area contributed by atoms with Crippen LogP contribution in [0.2, 0.25) is 0 Å². The predicted molar refractivity (Wildman–Crippen MR) is 103 cm³/mol. The first kappa shape index (κ1) is 17.2. The Morgan fingerprint density at radius 3 is 2.52 bits per heavy atom. The van der Waals surface area contributed by atoms with Gasteiger partial charge >= 0.3 is 0 Å². The summed E-state index contributed by atoms with van der Waals surface area (Å²) in [5.41, 5.74) is 4.34. The first-order valence-corrected chi connectivity index (χ1v) is 8.74. The van der Waals surface area contributed by atoms with Gasteiger partial charge in [-0.2, -0.15) is 0 Å². The SMILES string of the molecule is CC(C)(C)c1ccc(NC(=O)CCCn2cnc3ccccc32)cc1. The van der Waals surface area contributed by atoms with Gasteiger partial charge in [0.05, 0.1) is 17.4 Å². The topological polar surface area (TPSA) is 46.9 Å². The highest BCUT2D eigenvalue weighted by molar-refractivity contribution is 5.90. The smallest absolute Gasteiger partial charge is 0.224 e. The van der Waals surface area contributed by atoms with E-state index >= 15 is 0 Å². The zero-order valence-corrected chi connectivity index (χ0v) is 15.1. The highest BCUT2D eigenvalue weighted by Gasteiger charge is 2.13. The van der Waals surface area contributed by atoms with E-state index in [2.05, 4.69) is 53.8 Å². The first-order chi connectivity index (χ1) is 11.9. The lowest BCUT2D eigenvalue weighted by Gasteiger charge is -2.19. The van der Waals surface area contributed by atoms with Crippen LogP contribution in [0, 0.1) is 0 Å². The Hall–Kier alpha value is -2.62. The van der Waals surface area contributed by atoms with Gasteiger partial charge in [-0.15, -0.1) is 0 Å². The molecule has 25 heavy (non-hydrogen) atoms. The Bertz CT molecular complexity index is 857. The summed E-state index contributed by atoms with van der Waals surface area (Å²) in [5, 5.41) is 2.97. The van der Waals surface area contributed by atoms with Gasteiger partial charge in [0.1, 0.15) is 0 Å². The number of benzene rings is 2. The quantitative estimate of drug-likeness (QED) is 0.731. The van der Waals surface area contributed by atoms with Crippen molar-refractivity contribution in [1.29, 1.82) is 0 Å². The summed E-state index contributed by atoms with van der Waals surface area (Å²) in [6, 6.07) is 16.1. The molecule has 0 unspecified atom stereocenters. The predicted octanol–water partition coefficient (Wildman–Crippen LogP) is 4.75. The van der Waals surface area contributed by atoms with Crippen molar-refractivity contribution in [1.82, 2.24) is 9.55 Å². The first-order valence-electron chi connectivity index (χ1n) is 8.74. The minimum atomic E-state index is 0.0490. The van der Waals surface area contributed by atoms with Gasteiger partial charge in [-0.1, -0.05) is 45.0 Å². The maximum absolute atomic E-state index is 12.2. The fourth-order valence-electron chi connectivity index (χ4n) is 2.88. The number of hydrogen-bond donors (Lipinski definition) is 1. The molecule has 0 aliphatic rings. The number of nitrogens with zero attached hydrogens (tertiary/aromatic N) is 2. The molecule has 0 spiro atoms. The van der Waals surface area contributed by atoms with Gasteiger partial charge in [0.15, 0.2) is 0 Å². The maximum atomic E-state index is 12.2. The number of carbonyl (C=O) groups excluding carboxylic acids is 1. The summed E-state index contributed by atoms with van der Waals surface area (Å²) in [6.07, 6.45) is 3.12. The highest BCUT2D eigenvalue weighted by atomic mass is 16.1. The van der Waals surface area contributed by atoms with Crippen molar-refractivity contribution in [3.05, 3.63) is 60.4 Å². The van der Waals surface area contributed by atoms with Crippen LogP contribution in [0.25, 0.3) is 11.0 Å². The number of anilines is 1. The number of nitrogens with one attached hydrogen (secondary N) is 1. The molecule has 1 N–H and O–H groups in total. The maximum Gasteiger partial charge on any atom is 0.224 e. The molecule has 0 bridgehead atoms.